The molecule has 3 nitrogen and oxygen atoms in total. The molecule has 0 unspecified atom stereocenters. The molecule has 0 aliphatic carbocycles. The lowest BCUT2D eigenvalue weighted by Gasteiger charge is -2.11. The van der Waals surface area contributed by atoms with Gasteiger partial charge >= 0.3 is 0 Å². The molecule has 5 heteroatoms. The van der Waals surface area contributed by atoms with Gasteiger partial charge in [-0.2, -0.15) is 5.10 Å². The number of hydrogen-bond acceptors (Lipinski definition) is 3. The van der Waals surface area contributed by atoms with Crippen LogP contribution in [0.3, 0.4) is 0 Å². The zero-order valence-electron chi connectivity index (χ0n) is 11.3. The van der Waals surface area contributed by atoms with Crippen molar-refractivity contribution < 1.29 is 0 Å². The molecule has 0 aromatic heterocycles. The van der Waals surface area contributed by atoms with Gasteiger partial charge in [0.15, 0.2) is 0 Å². The molecule has 0 spiro atoms. The Kier molecular flexibility index (Phi) is 4.88. The molecule has 0 saturated heterocycles. The third kappa shape index (κ3) is 3.89. The van der Waals surface area contributed by atoms with Crippen LogP contribution in [0.4, 0.5) is 11.4 Å². The van der Waals surface area contributed by atoms with Crippen LogP contribution in [0.5, 0.6) is 0 Å². The van der Waals surface area contributed by atoms with E-state index in [1.165, 1.54) is 0 Å². The van der Waals surface area contributed by atoms with Crippen LogP contribution >= 0.6 is 23.2 Å². The molecular formula is C15H15Cl2N3. The monoisotopic (exact) mass is 307 g/mol. The van der Waals surface area contributed by atoms with Gasteiger partial charge in [0.05, 0.1) is 21.9 Å². The zero-order chi connectivity index (χ0) is 14.5. The SMILES string of the molecule is CN(C)c1ccc(C=NNc2ccc(Cl)c(Cl)c2)cc1. The van der Waals surface area contributed by atoms with E-state index < -0.39 is 0 Å². The second-order valence-corrected chi connectivity index (χ2v) is 5.30. The molecule has 0 fully saturated rings. The maximum absolute atomic E-state index is 5.93. The summed E-state index contributed by atoms with van der Waals surface area (Å²) < 4.78 is 0. The third-order valence-electron chi connectivity index (χ3n) is 2.74. The first-order valence-corrected chi connectivity index (χ1v) is 6.83. The smallest absolute Gasteiger partial charge is 0.0613 e. The average Bonchev–Trinajstić information content (AvgIpc) is 2.43. The van der Waals surface area contributed by atoms with E-state index in [1.807, 2.05) is 44.4 Å². The first-order valence-electron chi connectivity index (χ1n) is 6.08. The predicted molar refractivity (Wildman–Crippen MR) is 88.4 cm³/mol. The van der Waals surface area contributed by atoms with Gasteiger partial charge in [0.2, 0.25) is 0 Å². The molecule has 20 heavy (non-hydrogen) atoms. The van der Waals surface area contributed by atoms with Crippen LogP contribution in [-0.2, 0) is 0 Å². The number of rotatable bonds is 4. The van der Waals surface area contributed by atoms with E-state index in [0.29, 0.717) is 10.0 Å². The number of nitrogens with one attached hydrogen (secondary N) is 1. The molecule has 1 N–H and O–H groups in total. The summed E-state index contributed by atoms with van der Waals surface area (Å²) in [5.74, 6) is 0. The Balaban J connectivity index is 2.00. The predicted octanol–water partition coefficient (Wildman–Crippen LogP) is 4.51. The number of nitrogens with zero attached hydrogens (tertiary/aromatic N) is 2. The highest BCUT2D eigenvalue weighted by atomic mass is 35.5. The van der Waals surface area contributed by atoms with Crippen molar-refractivity contribution in [3.8, 4) is 0 Å². The number of hydrazone groups is 1. The average molecular weight is 308 g/mol. The molecule has 2 aromatic rings. The van der Waals surface area contributed by atoms with Crippen LogP contribution in [0.2, 0.25) is 10.0 Å². The zero-order valence-corrected chi connectivity index (χ0v) is 12.8. The van der Waals surface area contributed by atoms with Gasteiger partial charge in [-0.25, -0.2) is 0 Å². The second-order valence-electron chi connectivity index (χ2n) is 4.48. The Hall–Kier alpha value is -1.71. The number of hydrogen-bond donors (Lipinski definition) is 1. The molecule has 2 rings (SSSR count). The van der Waals surface area contributed by atoms with Crippen molar-refractivity contribution >= 4 is 40.8 Å². The first kappa shape index (κ1) is 14.7. The lowest BCUT2D eigenvalue weighted by molar-refractivity contribution is 1.13. The van der Waals surface area contributed by atoms with E-state index in [9.17, 15) is 0 Å². The quantitative estimate of drug-likeness (QED) is 0.665. The first-order chi connectivity index (χ1) is 9.56. The molecule has 2 aromatic carbocycles. The van der Waals surface area contributed by atoms with Crippen LogP contribution in [-0.4, -0.2) is 20.3 Å². The fourth-order valence-electron chi connectivity index (χ4n) is 1.61. The Labute approximate surface area is 128 Å². The Morgan fingerprint density at radius 1 is 1.00 bits per heavy atom. The van der Waals surface area contributed by atoms with Gasteiger partial charge in [-0.1, -0.05) is 35.3 Å². The number of anilines is 2. The molecule has 0 bridgehead atoms. The van der Waals surface area contributed by atoms with Crippen molar-refractivity contribution in [2.45, 2.75) is 0 Å². The van der Waals surface area contributed by atoms with Gasteiger partial charge in [-0.05, 0) is 35.9 Å². The Morgan fingerprint density at radius 2 is 1.70 bits per heavy atom. The summed E-state index contributed by atoms with van der Waals surface area (Å²) in [7, 11) is 4.02. The minimum Gasteiger partial charge on any atom is -0.378 e. The van der Waals surface area contributed by atoms with Crippen LogP contribution in [0.25, 0.3) is 0 Å². The van der Waals surface area contributed by atoms with E-state index in [2.05, 4.69) is 15.4 Å². The van der Waals surface area contributed by atoms with Crippen LogP contribution in [0, 0.1) is 0 Å². The van der Waals surface area contributed by atoms with Gasteiger partial charge in [-0.3, -0.25) is 5.43 Å². The van der Waals surface area contributed by atoms with Gasteiger partial charge in [0.1, 0.15) is 0 Å². The summed E-state index contributed by atoms with van der Waals surface area (Å²) in [6, 6.07) is 13.4. The van der Waals surface area contributed by atoms with E-state index >= 15 is 0 Å². The van der Waals surface area contributed by atoms with Gasteiger partial charge in [0, 0.05) is 19.8 Å². The summed E-state index contributed by atoms with van der Waals surface area (Å²) in [5.41, 5.74) is 5.88. The highest BCUT2D eigenvalue weighted by molar-refractivity contribution is 6.42. The summed E-state index contributed by atoms with van der Waals surface area (Å²) in [6.45, 7) is 0. The van der Waals surface area contributed by atoms with E-state index in [0.717, 1.165) is 16.9 Å². The fraction of sp³-hybridized carbons (Fsp3) is 0.133. The second kappa shape index (κ2) is 6.64. The largest absolute Gasteiger partial charge is 0.378 e. The lowest BCUT2D eigenvalue weighted by atomic mass is 10.2. The van der Waals surface area contributed by atoms with Crippen molar-refractivity contribution in [2.75, 3.05) is 24.4 Å². The molecule has 0 aliphatic rings. The molecule has 0 amide bonds. The Bertz CT molecular complexity index is 607. The minimum atomic E-state index is 0.502. The number of halogens is 2. The summed E-state index contributed by atoms with van der Waals surface area (Å²) in [6.07, 6.45) is 1.75. The van der Waals surface area contributed by atoms with Crippen molar-refractivity contribution in [1.82, 2.24) is 0 Å². The van der Waals surface area contributed by atoms with Gasteiger partial charge < -0.3 is 4.90 Å². The normalized spacial score (nSPS) is 10.8. The van der Waals surface area contributed by atoms with Crippen molar-refractivity contribution in [2.24, 2.45) is 5.10 Å². The molecule has 0 heterocycles. The molecule has 0 atom stereocenters. The van der Waals surface area contributed by atoms with Crippen LogP contribution < -0.4 is 10.3 Å². The van der Waals surface area contributed by atoms with Gasteiger partial charge in [-0.15, -0.1) is 0 Å². The molecule has 0 radical (unpaired) electrons. The van der Waals surface area contributed by atoms with Crippen molar-refractivity contribution in [1.29, 1.82) is 0 Å². The third-order valence-corrected chi connectivity index (χ3v) is 3.48. The summed E-state index contributed by atoms with van der Waals surface area (Å²) in [4.78, 5) is 2.05. The fourth-order valence-corrected chi connectivity index (χ4v) is 1.90. The summed E-state index contributed by atoms with van der Waals surface area (Å²) >= 11 is 11.8. The highest BCUT2D eigenvalue weighted by Crippen LogP contribution is 2.24. The molecular weight excluding hydrogens is 293 g/mol. The standard InChI is InChI=1S/C15H15Cl2N3/c1-20(2)13-6-3-11(4-7-13)10-18-19-12-5-8-14(16)15(17)9-12/h3-10,19H,1-2H3. The maximum Gasteiger partial charge on any atom is 0.0613 e. The van der Waals surface area contributed by atoms with Gasteiger partial charge in [0.25, 0.3) is 0 Å². The Morgan fingerprint density at radius 3 is 2.30 bits per heavy atom. The van der Waals surface area contributed by atoms with E-state index in [1.54, 1.807) is 18.3 Å². The minimum absolute atomic E-state index is 0.502. The molecule has 104 valence electrons. The van der Waals surface area contributed by atoms with Crippen molar-refractivity contribution in [3.05, 3.63) is 58.1 Å². The van der Waals surface area contributed by atoms with Crippen LogP contribution in [0.1, 0.15) is 5.56 Å². The topological polar surface area (TPSA) is 27.6 Å². The van der Waals surface area contributed by atoms with E-state index in [4.69, 9.17) is 23.2 Å². The molecule has 0 aliphatic heterocycles. The van der Waals surface area contributed by atoms with E-state index in [-0.39, 0.29) is 0 Å². The highest BCUT2D eigenvalue weighted by Gasteiger charge is 1.98. The van der Waals surface area contributed by atoms with Crippen LogP contribution in [0.15, 0.2) is 47.6 Å². The van der Waals surface area contributed by atoms with Crippen molar-refractivity contribution in [3.63, 3.8) is 0 Å². The maximum atomic E-state index is 5.93. The molecule has 0 saturated carbocycles. The lowest BCUT2D eigenvalue weighted by Crippen LogP contribution is -2.08. The summed E-state index contributed by atoms with van der Waals surface area (Å²) in [5, 5.41) is 5.20. The number of benzene rings is 2.